The molecule has 6 heteroatoms. The Morgan fingerprint density at radius 3 is 2.67 bits per heavy atom. The van der Waals surface area contributed by atoms with Crippen molar-refractivity contribution in [2.45, 2.75) is 17.1 Å². The molecule has 2 heterocycles. The van der Waals surface area contributed by atoms with Crippen molar-refractivity contribution >= 4 is 11.8 Å². The molecule has 0 saturated heterocycles. The van der Waals surface area contributed by atoms with Crippen molar-refractivity contribution in [3.63, 3.8) is 0 Å². The fraction of sp³-hybridized carbons (Fsp3) is 0.200. The number of hydrogen-bond acceptors (Lipinski definition) is 6. The number of furan rings is 1. The number of hydrogen-bond donors (Lipinski definition) is 0. The van der Waals surface area contributed by atoms with E-state index in [0.717, 1.165) is 10.6 Å². The molecule has 0 aliphatic heterocycles. The summed E-state index contributed by atoms with van der Waals surface area (Å²) in [7, 11) is 1.65. The molecule has 3 aromatic rings. The number of thioether (sulfide) groups is 1. The lowest BCUT2D eigenvalue weighted by atomic mass is 10.3. The van der Waals surface area contributed by atoms with E-state index in [2.05, 4.69) is 10.1 Å². The van der Waals surface area contributed by atoms with E-state index in [9.17, 15) is 0 Å². The summed E-state index contributed by atoms with van der Waals surface area (Å²) in [6.45, 7) is 2.02. The maximum Gasteiger partial charge on any atom is 0.240 e. The predicted molar refractivity (Wildman–Crippen MR) is 79.3 cm³/mol. The van der Waals surface area contributed by atoms with Crippen molar-refractivity contribution in [2.75, 3.05) is 7.11 Å². The van der Waals surface area contributed by atoms with E-state index >= 15 is 0 Å². The Labute approximate surface area is 126 Å². The van der Waals surface area contributed by atoms with Crippen LogP contribution in [-0.4, -0.2) is 17.3 Å². The van der Waals surface area contributed by atoms with E-state index in [-0.39, 0.29) is 5.25 Å². The number of methoxy groups -OCH3 is 1. The molecule has 0 amide bonds. The van der Waals surface area contributed by atoms with Crippen LogP contribution in [0.15, 0.2) is 56.5 Å². The fourth-order valence-corrected chi connectivity index (χ4v) is 2.71. The number of ether oxygens (including phenoxy) is 1. The van der Waals surface area contributed by atoms with E-state index < -0.39 is 0 Å². The zero-order valence-electron chi connectivity index (χ0n) is 11.6. The smallest absolute Gasteiger partial charge is 0.240 e. The molecule has 2 aromatic heterocycles. The third kappa shape index (κ3) is 3.11. The second kappa shape index (κ2) is 6.05. The first kappa shape index (κ1) is 13.8. The van der Waals surface area contributed by atoms with Crippen molar-refractivity contribution in [1.29, 1.82) is 0 Å². The molecular weight excluding hydrogens is 288 g/mol. The monoisotopic (exact) mass is 302 g/mol. The van der Waals surface area contributed by atoms with Crippen molar-refractivity contribution < 1.29 is 13.7 Å². The van der Waals surface area contributed by atoms with Crippen LogP contribution in [0, 0.1) is 0 Å². The van der Waals surface area contributed by atoms with Gasteiger partial charge in [0.1, 0.15) is 5.75 Å². The summed E-state index contributed by atoms with van der Waals surface area (Å²) in [5.41, 5.74) is 0. The average molecular weight is 302 g/mol. The summed E-state index contributed by atoms with van der Waals surface area (Å²) in [4.78, 5) is 5.48. The molecule has 108 valence electrons. The molecule has 0 unspecified atom stereocenters. The van der Waals surface area contributed by atoms with Gasteiger partial charge in [0.2, 0.25) is 11.7 Å². The largest absolute Gasteiger partial charge is 0.497 e. The van der Waals surface area contributed by atoms with Gasteiger partial charge in [-0.25, -0.2) is 0 Å². The fourth-order valence-electron chi connectivity index (χ4n) is 1.82. The van der Waals surface area contributed by atoms with Crippen LogP contribution in [0.5, 0.6) is 5.75 Å². The molecule has 0 spiro atoms. The first-order valence-corrected chi connectivity index (χ1v) is 7.32. The number of nitrogens with zero attached hydrogens (tertiary/aromatic N) is 2. The second-order valence-electron chi connectivity index (χ2n) is 4.37. The topological polar surface area (TPSA) is 61.3 Å². The first-order valence-electron chi connectivity index (χ1n) is 6.44. The van der Waals surface area contributed by atoms with Crippen LogP contribution in [0.1, 0.15) is 18.1 Å². The van der Waals surface area contributed by atoms with Gasteiger partial charge < -0.3 is 13.7 Å². The summed E-state index contributed by atoms with van der Waals surface area (Å²) in [6, 6.07) is 11.5. The molecular formula is C15H14N2O3S. The van der Waals surface area contributed by atoms with Crippen LogP contribution in [0.2, 0.25) is 0 Å². The molecule has 1 aromatic carbocycles. The molecule has 0 radical (unpaired) electrons. The summed E-state index contributed by atoms with van der Waals surface area (Å²) in [6.07, 6.45) is 1.58. The maximum absolute atomic E-state index is 5.30. The quantitative estimate of drug-likeness (QED) is 0.658. The van der Waals surface area contributed by atoms with E-state index in [0.29, 0.717) is 17.5 Å². The van der Waals surface area contributed by atoms with Gasteiger partial charge in [0.25, 0.3) is 0 Å². The van der Waals surface area contributed by atoms with E-state index in [1.54, 1.807) is 37.3 Å². The summed E-state index contributed by atoms with van der Waals surface area (Å²) in [5, 5.41) is 3.99. The Hall–Kier alpha value is -2.21. The van der Waals surface area contributed by atoms with E-state index in [1.807, 2.05) is 31.2 Å². The third-order valence-corrected chi connectivity index (χ3v) is 4.00. The molecule has 0 aliphatic rings. The van der Waals surface area contributed by atoms with Gasteiger partial charge >= 0.3 is 0 Å². The summed E-state index contributed by atoms with van der Waals surface area (Å²) < 4.78 is 15.7. The Morgan fingerprint density at radius 2 is 2.00 bits per heavy atom. The highest BCUT2D eigenvalue weighted by Gasteiger charge is 2.17. The van der Waals surface area contributed by atoms with Gasteiger partial charge in [-0.05, 0) is 43.3 Å². The molecule has 0 bridgehead atoms. The van der Waals surface area contributed by atoms with Crippen LogP contribution in [-0.2, 0) is 0 Å². The summed E-state index contributed by atoms with van der Waals surface area (Å²) >= 11 is 1.64. The van der Waals surface area contributed by atoms with Gasteiger partial charge in [-0.1, -0.05) is 5.16 Å². The van der Waals surface area contributed by atoms with Crippen molar-refractivity contribution in [1.82, 2.24) is 10.1 Å². The van der Waals surface area contributed by atoms with Crippen LogP contribution >= 0.6 is 11.8 Å². The highest BCUT2D eigenvalue weighted by molar-refractivity contribution is 7.99. The normalized spacial score (nSPS) is 12.3. The maximum atomic E-state index is 5.30. The molecule has 0 aliphatic carbocycles. The van der Waals surface area contributed by atoms with Crippen LogP contribution in [0.25, 0.3) is 11.6 Å². The van der Waals surface area contributed by atoms with Crippen LogP contribution in [0.3, 0.4) is 0 Å². The highest BCUT2D eigenvalue weighted by Crippen LogP contribution is 2.35. The predicted octanol–water partition coefficient (Wildman–Crippen LogP) is 4.19. The zero-order chi connectivity index (χ0) is 14.7. The minimum absolute atomic E-state index is 0.0506. The molecule has 3 rings (SSSR count). The second-order valence-corrected chi connectivity index (χ2v) is 5.78. The van der Waals surface area contributed by atoms with Gasteiger partial charge in [-0.3, -0.25) is 0 Å². The molecule has 21 heavy (non-hydrogen) atoms. The number of benzene rings is 1. The molecule has 0 N–H and O–H groups in total. The lowest BCUT2D eigenvalue weighted by Crippen LogP contribution is -1.89. The minimum atomic E-state index is 0.0506. The number of aromatic nitrogens is 2. The Balaban J connectivity index is 1.71. The van der Waals surface area contributed by atoms with E-state index in [4.69, 9.17) is 13.7 Å². The lowest BCUT2D eigenvalue weighted by Gasteiger charge is -2.06. The zero-order valence-corrected chi connectivity index (χ0v) is 12.5. The Bertz CT molecular complexity index is 692. The van der Waals surface area contributed by atoms with Gasteiger partial charge in [-0.2, -0.15) is 4.98 Å². The Morgan fingerprint density at radius 1 is 1.19 bits per heavy atom. The molecule has 5 nitrogen and oxygen atoms in total. The first-order chi connectivity index (χ1) is 10.3. The van der Waals surface area contributed by atoms with Crippen molar-refractivity contribution in [2.24, 2.45) is 0 Å². The van der Waals surface area contributed by atoms with Crippen LogP contribution in [0.4, 0.5) is 0 Å². The third-order valence-electron chi connectivity index (χ3n) is 2.90. The molecule has 0 fully saturated rings. The minimum Gasteiger partial charge on any atom is -0.497 e. The van der Waals surface area contributed by atoms with Gasteiger partial charge in [-0.15, -0.1) is 11.8 Å². The number of rotatable bonds is 5. The SMILES string of the molecule is COc1ccc(S[C@@H](C)c2nc(-c3ccco3)no2)cc1. The Kier molecular flexibility index (Phi) is 3.96. The van der Waals surface area contributed by atoms with Gasteiger partial charge in [0.15, 0.2) is 5.76 Å². The average Bonchev–Trinajstić information content (AvgIpc) is 3.19. The van der Waals surface area contributed by atoms with Gasteiger partial charge in [0, 0.05) is 4.90 Å². The van der Waals surface area contributed by atoms with Crippen molar-refractivity contribution in [3.8, 4) is 17.3 Å². The molecule has 0 saturated carbocycles. The van der Waals surface area contributed by atoms with E-state index in [1.165, 1.54) is 0 Å². The standard InChI is InChI=1S/C15H14N2O3S/c1-10(21-12-7-5-11(18-2)6-8-12)15-16-14(17-20-15)13-4-3-9-19-13/h3-10H,1-2H3/t10-/m0/s1. The van der Waals surface area contributed by atoms with Crippen LogP contribution < -0.4 is 4.74 Å². The van der Waals surface area contributed by atoms with Gasteiger partial charge in [0.05, 0.1) is 18.6 Å². The highest BCUT2D eigenvalue weighted by atomic mass is 32.2. The lowest BCUT2D eigenvalue weighted by molar-refractivity contribution is 0.379. The summed E-state index contributed by atoms with van der Waals surface area (Å²) in [5.74, 6) is 2.48. The van der Waals surface area contributed by atoms with Crippen molar-refractivity contribution in [3.05, 3.63) is 48.6 Å². The molecule has 1 atom stereocenters.